The lowest BCUT2D eigenvalue weighted by Gasteiger charge is -2.34. The van der Waals surface area contributed by atoms with E-state index >= 15 is 0 Å². The Bertz CT molecular complexity index is 964. The van der Waals surface area contributed by atoms with Crippen molar-refractivity contribution in [2.24, 2.45) is 5.41 Å². The zero-order valence-corrected chi connectivity index (χ0v) is 22.1. The second-order valence-electron chi connectivity index (χ2n) is 10.4. The van der Waals surface area contributed by atoms with Gasteiger partial charge in [-0.1, -0.05) is 24.3 Å². The maximum atomic E-state index is 12.2. The Hall–Kier alpha value is -2.82. The molecule has 5 nitrogen and oxygen atoms in total. The van der Waals surface area contributed by atoms with Crippen LogP contribution in [0.1, 0.15) is 78.5 Å². The standard InChI is InChI=1S/C29H41NO4/c1-20(2)30(21(3)4)26-15-10-9-12-24(26)13-11-14-25-18-23(16-17-27(25)34-22(5)31)19-33-28(32)29(6,7)8/h9-10,12,15-18,20-21H,11,13-14,19H2,1-8H3. The summed E-state index contributed by atoms with van der Waals surface area (Å²) in [5.74, 6) is -0.0183. The number of para-hydroxylation sites is 1. The molecule has 0 aliphatic carbocycles. The lowest BCUT2D eigenvalue weighted by Crippen LogP contribution is -2.37. The Morgan fingerprint density at radius 2 is 1.53 bits per heavy atom. The zero-order chi connectivity index (χ0) is 25.5. The molecule has 0 aliphatic rings. The van der Waals surface area contributed by atoms with Crippen LogP contribution in [-0.4, -0.2) is 24.0 Å². The topological polar surface area (TPSA) is 55.8 Å². The molecule has 0 aliphatic heterocycles. The van der Waals surface area contributed by atoms with E-state index in [2.05, 4.69) is 56.9 Å². The molecule has 0 fully saturated rings. The van der Waals surface area contributed by atoms with Crippen LogP contribution < -0.4 is 9.64 Å². The Balaban J connectivity index is 2.18. The van der Waals surface area contributed by atoms with Crippen molar-refractivity contribution in [1.82, 2.24) is 0 Å². The summed E-state index contributed by atoms with van der Waals surface area (Å²) in [4.78, 5) is 26.2. The monoisotopic (exact) mass is 467 g/mol. The van der Waals surface area contributed by atoms with E-state index in [9.17, 15) is 9.59 Å². The lowest BCUT2D eigenvalue weighted by molar-refractivity contribution is -0.154. The molecule has 5 heteroatoms. The van der Waals surface area contributed by atoms with Gasteiger partial charge in [0.25, 0.3) is 0 Å². The Kier molecular flexibility index (Phi) is 9.72. The summed E-state index contributed by atoms with van der Waals surface area (Å²) in [7, 11) is 0. The molecule has 0 amide bonds. The summed E-state index contributed by atoms with van der Waals surface area (Å²) in [6, 6.07) is 15.0. The maximum Gasteiger partial charge on any atom is 0.311 e. The van der Waals surface area contributed by atoms with E-state index in [-0.39, 0.29) is 18.5 Å². The summed E-state index contributed by atoms with van der Waals surface area (Å²) in [5.41, 5.74) is 3.87. The van der Waals surface area contributed by atoms with E-state index in [1.165, 1.54) is 18.2 Å². The molecule has 0 aromatic heterocycles. The third kappa shape index (κ3) is 7.89. The molecule has 186 valence electrons. The van der Waals surface area contributed by atoms with E-state index in [0.29, 0.717) is 17.8 Å². The molecule has 2 rings (SSSR count). The van der Waals surface area contributed by atoms with E-state index in [1.54, 1.807) is 6.07 Å². The van der Waals surface area contributed by atoms with Gasteiger partial charge in [-0.25, -0.2) is 0 Å². The van der Waals surface area contributed by atoms with Crippen LogP contribution in [0.3, 0.4) is 0 Å². The fourth-order valence-electron chi connectivity index (χ4n) is 4.13. The predicted molar refractivity (Wildman–Crippen MR) is 138 cm³/mol. The Morgan fingerprint density at radius 3 is 2.12 bits per heavy atom. The lowest BCUT2D eigenvalue weighted by atomic mass is 9.97. The normalized spacial score (nSPS) is 11.6. The minimum atomic E-state index is -0.548. The van der Waals surface area contributed by atoms with Crippen molar-refractivity contribution in [3.05, 3.63) is 59.2 Å². The number of hydrogen-bond donors (Lipinski definition) is 0. The number of carbonyl (C=O) groups excluding carboxylic acids is 2. The number of benzene rings is 2. The number of nitrogens with zero attached hydrogens (tertiary/aromatic N) is 1. The molecule has 34 heavy (non-hydrogen) atoms. The van der Waals surface area contributed by atoms with E-state index in [1.807, 2.05) is 32.9 Å². The molecule has 0 saturated heterocycles. The highest BCUT2D eigenvalue weighted by Crippen LogP contribution is 2.28. The summed E-state index contributed by atoms with van der Waals surface area (Å²) in [5, 5.41) is 0. The zero-order valence-electron chi connectivity index (χ0n) is 22.1. The molecule has 0 N–H and O–H groups in total. The van der Waals surface area contributed by atoms with Gasteiger partial charge in [-0.2, -0.15) is 0 Å². The first-order chi connectivity index (χ1) is 15.9. The number of ether oxygens (including phenoxy) is 2. The smallest absolute Gasteiger partial charge is 0.311 e. The summed E-state index contributed by atoms with van der Waals surface area (Å²) in [6.07, 6.45) is 2.57. The average Bonchev–Trinajstić information content (AvgIpc) is 2.73. The van der Waals surface area contributed by atoms with Gasteiger partial charge in [0.15, 0.2) is 0 Å². The summed E-state index contributed by atoms with van der Waals surface area (Å²) in [6.45, 7) is 16.0. The fourth-order valence-corrected chi connectivity index (χ4v) is 4.13. The third-order valence-corrected chi connectivity index (χ3v) is 5.64. The second-order valence-corrected chi connectivity index (χ2v) is 10.4. The molecule has 0 saturated carbocycles. The van der Waals surface area contributed by atoms with Gasteiger partial charge in [0.05, 0.1) is 5.41 Å². The van der Waals surface area contributed by atoms with Crippen LogP contribution in [0.5, 0.6) is 5.75 Å². The number of esters is 2. The molecular weight excluding hydrogens is 426 g/mol. The summed E-state index contributed by atoms with van der Waals surface area (Å²) < 4.78 is 10.9. The molecule has 2 aromatic carbocycles. The molecular formula is C29H41NO4. The summed E-state index contributed by atoms with van der Waals surface area (Å²) >= 11 is 0. The predicted octanol–water partition coefficient (Wildman–Crippen LogP) is 6.50. The van der Waals surface area contributed by atoms with Crippen LogP contribution in [0.4, 0.5) is 5.69 Å². The molecule has 2 aromatic rings. The highest BCUT2D eigenvalue weighted by atomic mass is 16.5. The van der Waals surface area contributed by atoms with Gasteiger partial charge >= 0.3 is 11.9 Å². The van der Waals surface area contributed by atoms with E-state index in [0.717, 1.165) is 30.4 Å². The number of carbonyl (C=O) groups is 2. The average molecular weight is 468 g/mol. The highest BCUT2D eigenvalue weighted by molar-refractivity contribution is 5.75. The van der Waals surface area contributed by atoms with E-state index < -0.39 is 5.41 Å². The van der Waals surface area contributed by atoms with Crippen molar-refractivity contribution in [3.8, 4) is 5.75 Å². The Labute approximate surface area is 205 Å². The van der Waals surface area contributed by atoms with Crippen LogP contribution in [-0.2, 0) is 33.8 Å². The first-order valence-corrected chi connectivity index (χ1v) is 12.2. The van der Waals surface area contributed by atoms with Crippen LogP contribution in [0, 0.1) is 5.41 Å². The van der Waals surface area contributed by atoms with Crippen molar-refractivity contribution < 1.29 is 19.1 Å². The van der Waals surface area contributed by atoms with Gasteiger partial charge < -0.3 is 14.4 Å². The first kappa shape index (κ1) is 27.4. The minimum Gasteiger partial charge on any atom is -0.460 e. The molecule has 0 radical (unpaired) electrons. The van der Waals surface area contributed by atoms with Gasteiger partial charge in [0.2, 0.25) is 0 Å². The number of rotatable bonds is 10. The van der Waals surface area contributed by atoms with Crippen LogP contribution in [0.2, 0.25) is 0 Å². The van der Waals surface area contributed by atoms with E-state index in [4.69, 9.17) is 9.47 Å². The van der Waals surface area contributed by atoms with Gasteiger partial charge in [-0.15, -0.1) is 0 Å². The number of anilines is 1. The van der Waals surface area contributed by atoms with Crippen LogP contribution in [0.15, 0.2) is 42.5 Å². The van der Waals surface area contributed by atoms with Crippen molar-refractivity contribution in [1.29, 1.82) is 0 Å². The van der Waals surface area contributed by atoms with Gasteiger partial charge in [0.1, 0.15) is 12.4 Å². The van der Waals surface area contributed by atoms with Crippen molar-refractivity contribution >= 4 is 17.6 Å². The van der Waals surface area contributed by atoms with Crippen molar-refractivity contribution in [3.63, 3.8) is 0 Å². The number of hydrogen-bond acceptors (Lipinski definition) is 5. The Morgan fingerprint density at radius 1 is 0.912 bits per heavy atom. The third-order valence-electron chi connectivity index (χ3n) is 5.64. The minimum absolute atomic E-state index is 0.198. The largest absolute Gasteiger partial charge is 0.460 e. The van der Waals surface area contributed by atoms with Crippen molar-refractivity contribution in [2.45, 2.75) is 93.3 Å². The maximum absolute atomic E-state index is 12.2. The molecule has 0 spiro atoms. The first-order valence-electron chi connectivity index (χ1n) is 12.2. The fraction of sp³-hybridized carbons (Fsp3) is 0.517. The molecule has 0 heterocycles. The molecule has 0 unspecified atom stereocenters. The van der Waals surface area contributed by atoms with Gasteiger partial charge in [-0.3, -0.25) is 9.59 Å². The highest BCUT2D eigenvalue weighted by Gasteiger charge is 2.23. The second kappa shape index (κ2) is 12.0. The molecule has 0 atom stereocenters. The van der Waals surface area contributed by atoms with Crippen molar-refractivity contribution in [2.75, 3.05) is 4.90 Å². The van der Waals surface area contributed by atoms with Gasteiger partial charge in [0, 0.05) is 24.7 Å². The SMILES string of the molecule is CC(=O)Oc1ccc(COC(=O)C(C)(C)C)cc1CCCc1ccccc1N(C(C)C)C(C)C. The van der Waals surface area contributed by atoms with Gasteiger partial charge in [-0.05, 0) is 103 Å². The number of aryl methyl sites for hydroxylation is 2. The van der Waals surface area contributed by atoms with Crippen LogP contribution >= 0.6 is 0 Å². The quantitative estimate of drug-likeness (QED) is 0.295. The molecule has 0 bridgehead atoms. The van der Waals surface area contributed by atoms with Crippen LogP contribution in [0.25, 0.3) is 0 Å².